The highest BCUT2D eigenvalue weighted by atomic mass is 16.6. The van der Waals surface area contributed by atoms with E-state index >= 15 is 0 Å². The Labute approximate surface area is 90.0 Å². The zero-order valence-electron chi connectivity index (χ0n) is 8.36. The summed E-state index contributed by atoms with van der Waals surface area (Å²) in [5, 5.41) is 12.3. The molecule has 0 saturated carbocycles. The van der Waals surface area contributed by atoms with Gasteiger partial charge in [-0.25, -0.2) is 14.8 Å². The lowest BCUT2D eigenvalue weighted by Crippen LogP contribution is -2.15. The van der Waals surface area contributed by atoms with E-state index in [1.165, 1.54) is 13.3 Å². The standard InChI is InChI=1S/C9H8N4O3/c1-16-12-7(8(14)15)6-5-13-4-2-3-10-9(13)11-6/h2-5H,1H3,(H,14,15). The Morgan fingerprint density at radius 1 is 1.62 bits per heavy atom. The number of aliphatic carboxylic acids is 1. The number of fused-ring (bicyclic) bond motifs is 1. The van der Waals surface area contributed by atoms with Crippen LogP contribution in [0.25, 0.3) is 5.78 Å². The lowest BCUT2D eigenvalue weighted by molar-refractivity contribution is -0.129. The number of rotatable bonds is 3. The van der Waals surface area contributed by atoms with Gasteiger partial charge in [0.15, 0.2) is 0 Å². The van der Waals surface area contributed by atoms with Gasteiger partial charge in [0.25, 0.3) is 0 Å². The molecule has 2 heterocycles. The largest absolute Gasteiger partial charge is 0.476 e. The summed E-state index contributed by atoms with van der Waals surface area (Å²) in [6, 6.07) is 1.71. The summed E-state index contributed by atoms with van der Waals surface area (Å²) in [6.07, 6.45) is 4.80. The van der Waals surface area contributed by atoms with Crippen LogP contribution in [0.5, 0.6) is 0 Å². The molecule has 0 atom stereocenters. The van der Waals surface area contributed by atoms with Gasteiger partial charge in [-0.3, -0.25) is 4.40 Å². The first kappa shape index (κ1) is 10.1. The summed E-state index contributed by atoms with van der Waals surface area (Å²) in [5.41, 5.74) is -0.0546. The first-order valence-corrected chi connectivity index (χ1v) is 4.37. The minimum absolute atomic E-state index is 0.202. The molecule has 7 nitrogen and oxygen atoms in total. The van der Waals surface area contributed by atoms with Gasteiger partial charge < -0.3 is 9.94 Å². The van der Waals surface area contributed by atoms with Gasteiger partial charge in [0.2, 0.25) is 11.5 Å². The van der Waals surface area contributed by atoms with E-state index in [9.17, 15) is 4.79 Å². The summed E-state index contributed by atoms with van der Waals surface area (Å²) in [4.78, 5) is 23.3. The normalized spacial score (nSPS) is 11.7. The summed E-state index contributed by atoms with van der Waals surface area (Å²) >= 11 is 0. The number of hydrogen-bond acceptors (Lipinski definition) is 5. The quantitative estimate of drug-likeness (QED) is 0.588. The van der Waals surface area contributed by atoms with E-state index in [-0.39, 0.29) is 11.4 Å². The van der Waals surface area contributed by atoms with Gasteiger partial charge in [0.1, 0.15) is 12.8 Å². The second kappa shape index (κ2) is 3.97. The molecule has 1 N–H and O–H groups in total. The zero-order chi connectivity index (χ0) is 11.5. The molecule has 0 aliphatic rings. The second-order valence-corrected chi connectivity index (χ2v) is 2.88. The van der Waals surface area contributed by atoms with Crippen molar-refractivity contribution in [1.82, 2.24) is 14.4 Å². The van der Waals surface area contributed by atoms with Crippen LogP contribution in [0.15, 0.2) is 29.8 Å². The molecule has 82 valence electrons. The zero-order valence-corrected chi connectivity index (χ0v) is 8.36. The molecule has 0 bridgehead atoms. The molecule has 0 unspecified atom stereocenters. The van der Waals surface area contributed by atoms with Crippen LogP contribution in [-0.2, 0) is 9.63 Å². The maximum atomic E-state index is 10.9. The minimum Gasteiger partial charge on any atom is -0.476 e. The predicted octanol–water partition coefficient (Wildman–Crippen LogP) is 0.164. The fourth-order valence-corrected chi connectivity index (χ4v) is 1.23. The molecule has 0 saturated heterocycles. The predicted molar refractivity (Wildman–Crippen MR) is 54.2 cm³/mol. The van der Waals surface area contributed by atoms with Crippen LogP contribution in [0.3, 0.4) is 0 Å². The van der Waals surface area contributed by atoms with Crippen LogP contribution in [0, 0.1) is 0 Å². The number of carbonyl (C=O) groups is 1. The van der Waals surface area contributed by atoms with Crippen molar-refractivity contribution in [2.45, 2.75) is 0 Å². The fraction of sp³-hybridized carbons (Fsp3) is 0.111. The lowest BCUT2D eigenvalue weighted by atomic mass is 10.3. The van der Waals surface area contributed by atoms with Crippen molar-refractivity contribution in [1.29, 1.82) is 0 Å². The SMILES string of the molecule is CON=C(C(=O)O)c1cn2cccnc2n1. The van der Waals surface area contributed by atoms with E-state index in [0.717, 1.165) is 0 Å². The topological polar surface area (TPSA) is 89.1 Å². The molecule has 7 heteroatoms. The highest BCUT2D eigenvalue weighted by molar-refractivity contribution is 6.41. The molecule has 0 radical (unpaired) electrons. The fourth-order valence-electron chi connectivity index (χ4n) is 1.23. The van der Waals surface area contributed by atoms with Crippen molar-refractivity contribution >= 4 is 17.5 Å². The van der Waals surface area contributed by atoms with Crippen LogP contribution in [0.1, 0.15) is 5.69 Å². The number of carboxylic acid groups (broad SMARTS) is 1. The third kappa shape index (κ3) is 1.70. The maximum Gasteiger partial charge on any atom is 0.360 e. The maximum absolute atomic E-state index is 10.9. The van der Waals surface area contributed by atoms with Gasteiger partial charge in [-0.2, -0.15) is 0 Å². The van der Waals surface area contributed by atoms with Crippen molar-refractivity contribution in [3.63, 3.8) is 0 Å². The summed E-state index contributed by atoms with van der Waals surface area (Å²) < 4.78 is 1.60. The van der Waals surface area contributed by atoms with Gasteiger partial charge >= 0.3 is 5.97 Å². The van der Waals surface area contributed by atoms with Crippen molar-refractivity contribution < 1.29 is 14.7 Å². The van der Waals surface area contributed by atoms with Crippen molar-refractivity contribution in [3.05, 3.63) is 30.4 Å². The van der Waals surface area contributed by atoms with Crippen molar-refractivity contribution in [2.24, 2.45) is 5.16 Å². The Kier molecular flexibility index (Phi) is 2.50. The molecular weight excluding hydrogens is 212 g/mol. The molecule has 16 heavy (non-hydrogen) atoms. The molecular formula is C9H8N4O3. The highest BCUT2D eigenvalue weighted by Gasteiger charge is 2.17. The van der Waals surface area contributed by atoms with Gasteiger partial charge in [0, 0.05) is 18.6 Å². The van der Waals surface area contributed by atoms with Crippen molar-refractivity contribution in [2.75, 3.05) is 7.11 Å². The minimum atomic E-state index is -1.20. The first-order chi connectivity index (χ1) is 7.72. The summed E-state index contributed by atoms with van der Waals surface area (Å²) in [6.45, 7) is 0. The first-order valence-electron chi connectivity index (χ1n) is 4.37. The van der Waals surface area contributed by atoms with Crippen LogP contribution >= 0.6 is 0 Å². The van der Waals surface area contributed by atoms with Gasteiger partial charge in [0.05, 0.1) is 0 Å². The van der Waals surface area contributed by atoms with Gasteiger partial charge in [-0.05, 0) is 6.07 Å². The number of hydrogen-bond donors (Lipinski definition) is 1. The van der Waals surface area contributed by atoms with Crippen molar-refractivity contribution in [3.8, 4) is 0 Å². The van der Waals surface area contributed by atoms with E-state index < -0.39 is 5.97 Å². The number of oxime groups is 1. The molecule has 2 aromatic heterocycles. The molecule has 2 aromatic rings. The van der Waals surface area contributed by atoms with E-state index in [1.807, 2.05) is 0 Å². The third-order valence-corrected chi connectivity index (χ3v) is 1.86. The second-order valence-electron chi connectivity index (χ2n) is 2.88. The van der Waals surface area contributed by atoms with Gasteiger partial charge in [-0.1, -0.05) is 5.16 Å². The molecule has 0 aromatic carbocycles. The average molecular weight is 220 g/mol. The Morgan fingerprint density at radius 2 is 2.44 bits per heavy atom. The number of carboxylic acids is 1. The Bertz CT molecular complexity index is 528. The smallest absolute Gasteiger partial charge is 0.360 e. The molecule has 0 aliphatic carbocycles. The van der Waals surface area contributed by atoms with Crippen LogP contribution in [-0.4, -0.2) is 38.3 Å². The van der Waals surface area contributed by atoms with Crippen LogP contribution in [0.4, 0.5) is 0 Å². The Morgan fingerprint density at radius 3 is 3.06 bits per heavy atom. The van der Waals surface area contributed by atoms with E-state index in [0.29, 0.717) is 5.78 Å². The van der Waals surface area contributed by atoms with Crippen LogP contribution < -0.4 is 0 Å². The number of aromatic nitrogens is 3. The Hall–Kier alpha value is -2.44. The molecule has 0 amide bonds. The summed E-state index contributed by atoms with van der Waals surface area (Å²) in [7, 11) is 1.27. The highest BCUT2D eigenvalue weighted by Crippen LogP contribution is 2.04. The van der Waals surface area contributed by atoms with Gasteiger partial charge in [-0.15, -0.1) is 0 Å². The van der Waals surface area contributed by atoms with Crippen LogP contribution in [0.2, 0.25) is 0 Å². The monoisotopic (exact) mass is 220 g/mol. The lowest BCUT2D eigenvalue weighted by Gasteiger charge is -1.93. The Balaban J connectivity index is 2.53. The molecule has 2 rings (SSSR count). The van der Waals surface area contributed by atoms with E-state index in [4.69, 9.17) is 5.11 Å². The number of imidazole rings is 1. The molecule has 0 spiro atoms. The molecule has 0 fully saturated rings. The summed E-state index contributed by atoms with van der Waals surface area (Å²) in [5.74, 6) is -0.798. The average Bonchev–Trinajstić information content (AvgIpc) is 2.68. The third-order valence-electron chi connectivity index (χ3n) is 1.86. The van der Waals surface area contributed by atoms with E-state index in [1.54, 1.807) is 22.9 Å². The molecule has 0 aliphatic heterocycles. The van der Waals surface area contributed by atoms with E-state index in [2.05, 4.69) is 20.0 Å². The number of nitrogens with zero attached hydrogens (tertiary/aromatic N) is 4.